The zero-order valence-electron chi connectivity index (χ0n) is 14.4. The number of ether oxygens (including phenoxy) is 3. The number of hydrogen-bond acceptors (Lipinski definition) is 11. The van der Waals surface area contributed by atoms with Gasteiger partial charge < -0.3 is 14.2 Å². The van der Waals surface area contributed by atoms with Crippen LogP contribution in [0.15, 0.2) is 21.9 Å². The molecular weight excluding hydrogens is 402 g/mol. The molecule has 1 N–H and O–H groups in total. The fourth-order valence-electron chi connectivity index (χ4n) is 1.36. The molecule has 2 aromatic heterocycles. The maximum Gasteiger partial charge on any atom is 0.362 e. The van der Waals surface area contributed by atoms with Crippen LogP contribution in [0.1, 0.15) is 16.6 Å². The van der Waals surface area contributed by atoms with Crippen LogP contribution in [0.2, 0.25) is 0 Å². The monoisotopic (exact) mass is 417 g/mol. The number of nitrogens with one attached hydrogen (secondary N) is 1. The standard InChI is InChI=1S/C7H8O2S.C6H7N5O5S/c1-2-9-7(8)6-4-3-5-10-6;1-15-5-8-3(9-6(10-5)16-2)7-4(12)11-17(13)14/h3-5H,2H2,1H3;1-2H3,(H,7,8,9,10,12). The van der Waals surface area contributed by atoms with Gasteiger partial charge in [-0.25, -0.2) is 9.59 Å². The van der Waals surface area contributed by atoms with E-state index in [4.69, 9.17) is 14.2 Å². The van der Waals surface area contributed by atoms with Gasteiger partial charge in [-0.05, 0) is 18.4 Å². The third kappa shape index (κ3) is 8.19. The average Bonchev–Trinajstić information content (AvgIpc) is 3.16. The number of anilines is 1. The Morgan fingerprint density at radius 1 is 1.19 bits per heavy atom. The van der Waals surface area contributed by atoms with Crippen molar-refractivity contribution in [2.75, 3.05) is 26.1 Å². The summed E-state index contributed by atoms with van der Waals surface area (Å²) in [7, 11) is -0.248. The molecule has 0 aliphatic heterocycles. The van der Waals surface area contributed by atoms with Crippen LogP contribution in [-0.2, 0) is 15.2 Å². The summed E-state index contributed by atoms with van der Waals surface area (Å²) in [5.41, 5.74) is 0. The summed E-state index contributed by atoms with van der Waals surface area (Å²) in [4.78, 5) is 33.5. The maximum absolute atomic E-state index is 11.0. The quantitative estimate of drug-likeness (QED) is 0.704. The third-order valence-electron chi connectivity index (χ3n) is 2.33. The summed E-state index contributed by atoms with van der Waals surface area (Å²) in [6.45, 7) is 2.24. The molecule has 2 amide bonds. The van der Waals surface area contributed by atoms with Gasteiger partial charge in [0.15, 0.2) is 0 Å². The van der Waals surface area contributed by atoms with E-state index in [0.717, 1.165) is 0 Å². The lowest BCUT2D eigenvalue weighted by Gasteiger charge is -2.03. The van der Waals surface area contributed by atoms with E-state index < -0.39 is 16.5 Å². The first-order valence-corrected chi connectivity index (χ1v) is 8.97. The molecule has 12 nitrogen and oxygen atoms in total. The molecule has 0 saturated heterocycles. The minimum atomic E-state index is -2.85. The van der Waals surface area contributed by atoms with Crippen molar-refractivity contribution >= 4 is 39.8 Å². The number of rotatable bonds is 5. The molecule has 0 bridgehead atoms. The van der Waals surface area contributed by atoms with Gasteiger partial charge in [-0.1, -0.05) is 10.4 Å². The highest BCUT2D eigenvalue weighted by molar-refractivity contribution is 7.62. The lowest BCUT2D eigenvalue weighted by atomic mass is 10.5. The van der Waals surface area contributed by atoms with Crippen LogP contribution in [0, 0.1) is 0 Å². The van der Waals surface area contributed by atoms with Crippen LogP contribution in [-0.4, -0.2) is 56.2 Å². The lowest BCUT2D eigenvalue weighted by Crippen LogP contribution is -2.11. The smallest absolute Gasteiger partial charge is 0.362 e. The fraction of sp³-hybridized carbons (Fsp3) is 0.308. The molecule has 2 aromatic rings. The largest absolute Gasteiger partial charge is 0.467 e. The second-order valence-electron chi connectivity index (χ2n) is 4.07. The van der Waals surface area contributed by atoms with E-state index >= 15 is 0 Å². The van der Waals surface area contributed by atoms with Crippen LogP contribution in [0.3, 0.4) is 0 Å². The Bertz CT molecular complexity index is 870. The second-order valence-corrected chi connectivity index (χ2v) is 5.63. The van der Waals surface area contributed by atoms with E-state index in [2.05, 4.69) is 19.3 Å². The highest BCUT2D eigenvalue weighted by Gasteiger charge is 2.09. The molecule has 0 aromatic carbocycles. The summed E-state index contributed by atoms with van der Waals surface area (Å²) >= 11 is 1.40. The average molecular weight is 417 g/mol. The summed E-state index contributed by atoms with van der Waals surface area (Å²) in [6, 6.07) is 2.24. The molecule has 2 heterocycles. The predicted octanol–water partition coefficient (Wildman–Crippen LogP) is 1.41. The van der Waals surface area contributed by atoms with E-state index in [1.54, 1.807) is 13.0 Å². The van der Waals surface area contributed by atoms with Crippen molar-refractivity contribution in [3.8, 4) is 12.0 Å². The normalized spacial score (nSPS) is 9.30. The molecule has 0 aliphatic carbocycles. The SMILES string of the molecule is CCOC(=O)c1cccs1.COc1nc(NC(=O)N=S(=O)=O)nc(OC)n1. The molecule has 0 spiro atoms. The number of carbonyl (C=O) groups excluding carboxylic acids is 2. The summed E-state index contributed by atoms with van der Waals surface area (Å²) < 4.78 is 37.1. The predicted molar refractivity (Wildman–Crippen MR) is 93.6 cm³/mol. The van der Waals surface area contributed by atoms with Crippen LogP contribution >= 0.6 is 11.3 Å². The zero-order valence-corrected chi connectivity index (χ0v) is 16.0. The zero-order chi connectivity index (χ0) is 20.2. The van der Waals surface area contributed by atoms with Crippen molar-refractivity contribution in [2.45, 2.75) is 6.92 Å². The molecule has 0 saturated carbocycles. The number of thiophene rings is 1. The number of nitrogens with zero attached hydrogens (tertiary/aromatic N) is 4. The number of aromatic nitrogens is 3. The summed E-state index contributed by atoms with van der Waals surface area (Å²) in [6.07, 6.45) is 0. The first-order valence-electron chi connectivity index (χ1n) is 7.06. The van der Waals surface area contributed by atoms with Crippen molar-refractivity contribution in [1.82, 2.24) is 15.0 Å². The molecule has 0 atom stereocenters. The van der Waals surface area contributed by atoms with Crippen LogP contribution in [0.5, 0.6) is 12.0 Å². The number of methoxy groups -OCH3 is 2. The minimum absolute atomic E-state index is 0.101. The molecule has 0 radical (unpaired) electrons. The molecule has 14 heteroatoms. The van der Waals surface area contributed by atoms with Crippen molar-refractivity contribution < 1.29 is 32.2 Å². The Morgan fingerprint density at radius 3 is 2.26 bits per heavy atom. The van der Waals surface area contributed by atoms with Crippen LogP contribution in [0.4, 0.5) is 10.7 Å². The van der Waals surface area contributed by atoms with E-state index in [-0.39, 0.29) is 23.9 Å². The third-order valence-corrected chi connectivity index (χ3v) is 3.50. The maximum atomic E-state index is 11.0. The Labute approximate surface area is 159 Å². The Kier molecular flexibility index (Phi) is 9.32. The molecule has 2 rings (SSSR count). The van der Waals surface area contributed by atoms with E-state index in [1.165, 1.54) is 25.6 Å². The first kappa shape index (κ1) is 21.9. The van der Waals surface area contributed by atoms with Crippen molar-refractivity contribution in [2.24, 2.45) is 4.36 Å². The molecule has 146 valence electrons. The molecule has 0 unspecified atom stereocenters. The van der Waals surface area contributed by atoms with Gasteiger partial charge in [0, 0.05) is 0 Å². The van der Waals surface area contributed by atoms with Gasteiger partial charge in [0.25, 0.3) is 0 Å². The highest BCUT2D eigenvalue weighted by Crippen LogP contribution is 2.12. The van der Waals surface area contributed by atoms with E-state index in [1.807, 2.05) is 16.8 Å². The molecular formula is C13H15N5O7S2. The topological polar surface area (TPSA) is 159 Å². The van der Waals surface area contributed by atoms with E-state index in [0.29, 0.717) is 11.5 Å². The number of esters is 1. The van der Waals surface area contributed by atoms with Gasteiger partial charge in [-0.2, -0.15) is 18.4 Å². The summed E-state index contributed by atoms with van der Waals surface area (Å²) in [5, 5.41) is 3.86. The molecule has 0 aliphatic rings. The number of carbonyl (C=O) groups is 2. The van der Waals surface area contributed by atoms with Gasteiger partial charge in [0.1, 0.15) is 4.88 Å². The lowest BCUT2D eigenvalue weighted by molar-refractivity contribution is 0.0532. The van der Waals surface area contributed by atoms with Gasteiger partial charge in [-0.15, -0.1) is 16.3 Å². The van der Waals surface area contributed by atoms with Crippen LogP contribution in [0.25, 0.3) is 0 Å². The number of amides is 2. The van der Waals surface area contributed by atoms with Gasteiger partial charge in [0.05, 0.1) is 20.8 Å². The number of urea groups is 1. The van der Waals surface area contributed by atoms with Crippen molar-refractivity contribution in [1.29, 1.82) is 0 Å². The van der Waals surface area contributed by atoms with Crippen molar-refractivity contribution in [3.63, 3.8) is 0 Å². The Hall–Kier alpha value is -3.13. The van der Waals surface area contributed by atoms with Gasteiger partial charge in [-0.3, -0.25) is 5.32 Å². The summed E-state index contributed by atoms with van der Waals surface area (Å²) in [5.74, 6) is -0.467. The number of hydrogen-bond donors (Lipinski definition) is 1. The van der Waals surface area contributed by atoms with Gasteiger partial charge >= 0.3 is 34.5 Å². The fourth-order valence-corrected chi connectivity index (χ4v) is 2.16. The second kappa shape index (κ2) is 11.5. The first-order chi connectivity index (χ1) is 12.9. The van der Waals surface area contributed by atoms with Gasteiger partial charge in [0.2, 0.25) is 5.95 Å². The Balaban J connectivity index is 0.000000309. The molecule has 27 heavy (non-hydrogen) atoms. The molecule has 0 fully saturated rings. The minimum Gasteiger partial charge on any atom is -0.467 e. The Morgan fingerprint density at radius 2 is 1.81 bits per heavy atom. The van der Waals surface area contributed by atoms with Crippen molar-refractivity contribution in [3.05, 3.63) is 22.4 Å². The highest BCUT2D eigenvalue weighted by atomic mass is 32.2. The van der Waals surface area contributed by atoms with E-state index in [9.17, 15) is 18.0 Å². The van der Waals surface area contributed by atoms with Crippen LogP contribution < -0.4 is 14.8 Å².